The van der Waals surface area contributed by atoms with Gasteiger partial charge in [-0.15, -0.1) is 0 Å². The minimum Gasteiger partial charge on any atom is -0.497 e. The highest BCUT2D eigenvalue weighted by Gasteiger charge is 2.46. The summed E-state index contributed by atoms with van der Waals surface area (Å²) in [5.41, 5.74) is 0.237. The Morgan fingerprint density at radius 2 is 1.82 bits per heavy atom. The number of nitrogens with zero attached hydrogens (tertiary/aromatic N) is 3. The summed E-state index contributed by atoms with van der Waals surface area (Å²) in [4.78, 5) is 37.0. The van der Waals surface area contributed by atoms with Crippen LogP contribution in [0.1, 0.15) is 5.56 Å². The molecule has 3 N–H and O–H groups in total. The van der Waals surface area contributed by atoms with Gasteiger partial charge in [-0.1, -0.05) is 11.8 Å². The molecule has 34 heavy (non-hydrogen) atoms. The number of amides is 3. The molecule has 3 heterocycles. The molecule has 2 aromatic carbocycles. The number of rotatable bonds is 3. The molecule has 10 heteroatoms. The predicted molar refractivity (Wildman–Crippen MR) is 125 cm³/mol. The number of ether oxygens (including phenoxy) is 1. The summed E-state index contributed by atoms with van der Waals surface area (Å²) in [7, 11) is 4.89. The first kappa shape index (κ1) is 21.2. The number of aryl methyl sites for hydroxylation is 2. The topological polar surface area (TPSA) is 120 Å². The number of imide groups is 1. The number of hydrogen-bond acceptors (Lipinski definition) is 5. The van der Waals surface area contributed by atoms with E-state index in [1.165, 1.54) is 20.8 Å². The second kappa shape index (κ2) is 7.45. The number of hydrogen-bond donors (Lipinski definition) is 3. The molecule has 5 rings (SSSR count). The Morgan fingerprint density at radius 1 is 1.06 bits per heavy atom. The number of carbonyl (C=O) groups excluding carboxylic acids is 2. The van der Waals surface area contributed by atoms with E-state index in [9.17, 15) is 19.5 Å². The Morgan fingerprint density at radius 3 is 2.53 bits per heavy atom. The van der Waals surface area contributed by atoms with Crippen LogP contribution in [0.3, 0.4) is 0 Å². The highest BCUT2D eigenvalue weighted by atomic mass is 16.5. The maximum absolute atomic E-state index is 12.8. The zero-order valence-electron chi connectivity index (χ0n) is 18.7. The lowest BCUT2D eigenvalue weighted by Crippen LogP contribution is -2.49. The standard InChI is InChI=1S/C24H21N5O5/c1-27-18-7-4-14(10-19(18)28(2)23(27)33)8-9-24(21(31)25-22(32)26-24)13-29-12-15-5-6-16(34-3)11-17(15)20(29)30/h4-7,10-12,30H,13H2,1-3H3,(H2,25,26,31,32)/t24-/m1/s1. The first-order chi connectivity index (χ1) is 16.2. The smallest absolute Gasteiger partial charge is 0.328 e. The SMILES string of the molecule is COc1ccc2cn(C[C@@]3(C#Cc4ccc5c(c4)n(C)c(=O)n5C)NC(=O)NC3=O)c(O)c2c1. The number of methoxy groups -OCH3 is 1. The molecule has 10 nitrogen and oxygen atoms in total. The highest BCUT2D eigenvalue weighted by molar-refractivity contribution is 6.09. The van der Waals surface area contributed by atoms with E-state index in [-0.39, 0.29) is 18.1 Å². The summed E-state index contributed by atoms with van der Waals surface area (Å²) in [5, 5.41) is 16.9. The predicted octanol–water partition coefficient (Wildman–Crippen LogP) is 1.18. The molecule has 1 fully saturated rings. The molecule has 2 aromatic heterocycles. The van der Waals surface area contributed by atoms with E-state index in [0.717, 1.165) is 10.9 Å². The number of aromatic nitrogens is 3. The quantitative estimate of drug-likeness (QED) is 0.314. The van der Waals surface area contributed by atoms with E-state index in [1.54, 1.807) is 56.7 Å². The van der Waals surface area contributed by atoms with Crippen molar-refractivity contribution >= 4 is 33.7 Å². The van der Waals surface area contributed by atoms with Crippen LogP contribution in [-0.2, 0) is 25.4 Å². The van der Waals surface area contributed by atoms with E-state index in [2.05, 4.69) is 22.5 Å². The molecular weight excluding hydrogens is 438 g/mol. The minimum absolute atomic E-state index is 0.0790. The second-order valence-corrected chi connectivity index (χ2v) is 8.20. The van der Waals surface area contributed by atoms with Gasteiger partial charge in [-0.2, -0.15) is 0 Å². The summed E-state index contributed by atoms with van der Waals surface area (Å²) in [6.45, 7) is -0.119. The van der Waals surface area contributed by atoms with Crippen LogP contribution in [0.5, 0.6) is 11.6 Å². The summed E-state index contributed by atoms with van der Waals surface area (Å²) < 4.78 is 9.73. The van der Waals surface area contributed by atoms with Gasteiger partial charge < -0.3 is 19.7 Å². The average molecular weight is 459 g/mol. The molecule has 4 aromatic rings. The molecule has 0 bridgehead atoms. The van der Waals surface area contributed by atoms with E-state index in [0.29, 0.717) is 22.2 Å². The van der Waals surface area contributed by atoms with Gasteiger partial charge in [0.2, 0.25) is 5.54 Å². The largest absolute Gasteiger partial charge is 0.497 e. The highest BCUT2D eigenvalue weighted by Crippen LogP contribution is 2.32. The van der Waals surface area contributed by atoms with E-state index < -0.39 is 17.5 Å². The van der Waals surface area contributed by atoms with Crippen molar-refractivity contribution in [2.75, 3.05) is 7.11 Å². The lowest BCUT2D eigenvalue weighted by atomic mass is 9.99. The third-order valence-corrected chi connectivity index (χ3v) is 6.11. The van der Waals surface area contributed by atoms with Gasteiger partial charge in [0.25, 0.3) is 5.91 Å². The monoisotopic (exact) mass is 459 g/mol. The van der Waals surface area contributed by atoms with Crippen LogP contribution in [0, 0.1) is 11.8 Å². The molecule has 172 valence electrons. The van der Waals surface area contributed by atoms with Gasteiger partial charge in [-0.25, -0.2) is 9.59 Å². The molecule has 0 radical (unpaired) electrons. The first-order valence-corrected chi connectivity index (χ1v) is 10.4. The molecule has 1 aliphatic rings. The molecule has 0 unspecified atom stereocenters. The number of urea groups is 1. The normalized spacial score (nSPS) is 17.5. The Bertz CT molecular complexity index is 1630. The Balaban J connectivity index is 1.58. The lowest BCUT2D eigenvalue weighted by molar-refractivity contribution is -0.122. The molecule has 0 spiro atoms. The van der Waals surface area contributed by atoms with Crippen LogP contribution in [0.15, 0.2) is 47.4 Å². The first-order valence-electron chi connectivity index (χ1n) is 10.4. The van der Waals surface area contributed by atoms with Gasteiger partial charge in [-0.3, -0.25) is 19.2 Å². The molecule has 1 saturated heterocycles. The van der Waals surface area contributed by atoms with E-state index in [4.69, 9.17) is 4.74 Å². The minimum atomic E-state index is -1.61. The zero-order chi connectivity index (χ0) is 24.2. The van der Waals surface area contributed by atoms with Crippen molar-refractivity contribution < 1.29 is 19.4 Å². The van der Waals surface area contributed by atoms with Crippen LogP contribution in [0.25, 0.3) is 21.8 Å². The van der Waals surface area contributed by atoms with Gasteiger partial charge in [0.1, 0.15) is 5.75 Å². The van der Waals surface area contributed by atoms with Crippen molar-refractivity contribution in [2.24, 2.45) is 14.1 Å². The lowest BCUT2D eigenvalue weighted by Gasteiger charge is -2.20. The van der Waals surface area contributed by atoms with Crippen LogP contribution in [0.4, 0.5) is 4.79 Å². The maximum Gasteiger partial charge on any atom is 0.328 e. The number of imidazole rings is 1. The fourth-order valence-electron chi connectivity index (χ4n) is 4.22. The third kappa shape index (κ3) is 3.17. The van der Waals surface area contributed by atoms with Crippen LogP contribution < -0.4 is 21.1 Å². The average Bonchev–Trinajstić information content (AvgIpc) is 3.37. The summed E-state index contributed by atoms with van der Waals surface area (Å²) in [6, 6.07) is 9.84. The molecule has 0 aliphatic carbocycles. The fraction of sp³-hybridized carbons (Fsp3) is 0.208. The van der Waals surface area contributed by atoms with Crippen LogP contribution in [0.2, 0.25) is 0 Å². The summed E-state index contributed by atoms with van der Waals surface area (Å²) in [5.74, 6) is 5.73. The van der Waals surface area contributed by atoms with Crippen molar-refractivity contribution in [1.82, 2.24) is 24.3 Å². The van der Waals surface area contributed by atoms with Crippen LogP contribution in [-0.4, -0.2) is 43.4 Å². The van der Waals surface area contributed by atoms with Crippen LogP contribution >= 0.6 is 0 Å². The molecule has 1 aliphatic heterocycles. The number of carbonyl (C=O) groups is 2. The Hall–Kier alpha value is -4.65. The molecule has 1 atom stereocenters. The second-order valence-electron chi connectivity index (χ2n) is 8.20. The third-order valence-electron chi connectivity index (χ3n) is 6.11. The Kier molecular flexibility index (Phi) is 4.65. The number of aromatic hydroxyl groups is 1. The van der Waals surface area contributed by atoms with Crippen molar-refractivity contribution in [1.29, 1.82) is 0 Å². The Labute approximate surface area is 193 Å². The molecule has 0 saturated carbocycles. The van der Waals surface area contributed by atoms with Gasteiger partial charge in [0.05, 0.1) is 24.7 Å². The van der Waals surface area contributed by atoms with Gasteiger partial charge >= 0.3 is 11.7 Å². The van der Waals surface area contributed by atoms with E-state index in [1.807, 2.05) is 0 Å². The number of nitrogens with one attached hydrogen (secondary N) is 2. The fourth-order valence-corrected chi connectivity index (χ4v) is 4.22. The van der Waals surface area contributed by atoms with Crippen molar-refractivity contribution in [3.63, 3.8) is 0 Å². The summed E-state index contributed by atoms with van der Waals surface area (Å²) in [6.07, 6.45) is 1.68. The van der Waals surface area contributed by atoms with Crippen molar-refractivity contribution in [3.05, 3.63) is 58.6 Å². The van der Waals surface area contributed by atoms with Crippen molar-refractivity contribution in [2.45, 2.75) is 12.1 Å². The van der Waals surface area contributed by atoms with Gasteiger partial charge in [0, 0.05) is 36.6 Å². The zero-order valence-corrected chi connectivity index (χ0v) is 18.7. The maximum atomic E-state index is 12.8. The van der Waals surface area contributed by atoms with Gasteiger partial charge in [0.15, 0.2) is 5.88 Å². The molecule has 3 amide bonds. The summed E-state index contributed by atoms with van der Waals surface area (Å²) >= 11 is 0. The van der Waals surface area contributed by atoms with E-state index >= 15 is 0 Å². The van der Waals surface area contributed by atoms with Crippen molar-refractivity contribution in [3.8, 4) is 23.5 Å². The van der Waals surface area contributed by atoms with Gasteiger partial charge in [-0.05, 0) is 36.4 Å². The molecular formula is C24H21N5O5. The number of benzene rings is 2. The number of fused-ring (bicyclic) bond motifs is 2.